The van der Waals surface area contributed by atoms with Crippen LogP contribution in [0.5, 0.6) is 0 Å². The molecule has 2 heterocycles. The maximum atomic E-state index is 12.9. The van der Waals surface area contributed by atoms with Gasteiger partial charge in [-0.25, -0.2) is 9.79 Å². The molecule has 0 N–H and O–H groups in total. The molecular formula is C18H19BrN2O3S. The van der Waals surface area contributed by atoms with Crippen molar-refractivity contribution in [1.29, 1.82) is 0 Å². The van der Waals surface area contributed by atoms with E-state index in [0.29, 0.717) is 16.4 Å². The van der Waals surface area contributed by atoms with Gasteiger partial charge in [-0.15, -0.1) is 0 Å². The second kappa shape index (κ2) is 7.33. The monoisotopic (exact) mass is 422 g/mol. The van der Waals surface area contributed by atoms with Gasteiger partial charge in [0.2, 0.25) is 5.91 Å². The van der Waals surface area contributed by atoms with Gasteiger partial charge in [0.1, 0.15) is 0 Å². The van der Waals surface area contributed by atoms with Gasteiger partial charge >= 0.3 is 5.97 Å². The molecule has 2 aliphatic rings. The number of ether oxygens (including phenoxy) is 1. The van der Waals surface area contributed by atoms with E-state index >= 15 is 0 Å². The van der Waals surface area contributed by atoms with E-state index in [1.165, 1.54) is 11.8 Å². The van der Waals surface area contributed by atoms with Crippen LogP contribution in [0.25, 0.3) is 0 Å². The number of carbonyl (C=O) groups excluding carboxylic acids is 2. The second-order valence-electron chi connectivity index (χ2n) is 5.79. The molecule has 0 radical (unpaired) electrons. The number of aliphatic imine (C=N–C) groups is 1. The van der Waals surface area contributed by atoms with Crippen LogP contribution in [0.15, 0.2) is 45.0 Å². The van der Waals surface area contributed by atoms with Crippen LogP contribution < -0.4 is 0 Å². The van der Waals surface area contributed by atoms with Crippen LogP contribution in [0.4, 0.5) is 0 Å². The molecular weight excluding hydrogens is 404 g/mol. The topological polar surface area (TPSA) is 59.0 Å². The molecule has 0 aromatic heterocycles. The Balaban J connectivity index is 2.15. The zero-order valence-electron chi connectivity index (χ0n) is 14.3. The molecule has 3 rings (SSSR count). The van der Waals surface area contributed by atoms with Gasteiger partial charge in [-0.2, -0.15) is 0 Å². The minimum absolute atomic E-state index is 0.00877. The molecule has 1 saturated heterocycles. The molecule has 2 atom stereocenters. The maximum absolute atomic E-state index is 12.9. The van der Waals surface area contributed by atoms with Crippen LogP contribution in [0.2, 0.25) is 0 Å². The standard InChI is InChI=1S/C18H19BrN2O3S/c1-4-13-16(22)21-15(11-7-6-8-12(19)9-11)14(17(23)24-5-2)10(3)20-18(21)25-13/h6-9,13,15H,4-5H2,1-3H3. The van der Waals surface area contributed by atoms with Gasteiger partial charge < -0.3 is 4.74 Å². The molecule has 1 amide bonds. The summed E-state index contributed by atoms with van der Waals surface area (Å²) in [6.07, 6.45) is 0.720. The van der Waals surface area contributed by atoms with Crippen molar-refractivity contribution in [3.8, 4) is 0 Å². The third-order valence-electron chi connectivity index (χ3n) is 4.18. The molecule has 25 heavy (non-hydrogen) atoms. The summed E-state index contributed by atoms with van der Waals surface area (Å²) in [5.74, 6) is -0.434. The van der Waals surface area contributed by atoms with Crippen molar-refractivity contribution in [3.05, 3.63) is 45.6 Å². The van der Waals surface area contributed by atoms with Crippen LogP contribution >= 0.6 is 27.7 Å². The van der Waals surface area contributed by atoms with Crippen LogP contribution in [-0.4, -0.2) is 33.8 Å². The lowest BCUT2D eigenvalue weighted by Gasteiger charge is -2.33. The Hall–Kier alpha value is -1.60. The number of halogens is 1. The van der Waals surface area contributed by atoms with E-state index in [-0.39, 0.29) is 17.8 Å². The van der Waals surface area contributed by atoms with Crippen molar-refractivity contribution >= 4 is 44.7 Å². The Morgan fingerprint density at radius 3 is 2.80 bits per heavy atom. The number of benzene rings is 1. The maximum Gasteiger partial charge on any atom is 0.338 e. The first-order chi connectivity index (χ1) is 12.0. The summed E-state index contributed by atoms with van der Waals surface area (Å²) in [7, 11) is 0. The van der Waals surface area contributed by atoms with Crippen LogP contribution in [-0.2, 0) is 14.3 Å². The summed E-state index contributed by atoms with van der Waals surface area (Å²) in [5, 5.41) is 0.495. The highest BCUT2D eigenvalue weighted by Gasteiger charge is 2.47. The van der Waals surface area contributed by atoms with Gasteiger partial charge in [0.15, 0.2) is 5.17 Å². The largest absolute Gasteiger partial charge is 0.463 e. The first-order valence-electron chi connectivity index (χ1n) is 8.19. The molecule has 0 spiro atoms. The predicted molar refractivity (Wildman–Crippen MR) is 102 cm³/mol. The van der Waals surface area contributed by atoms with Gasteiger partial charge in [0, 0.05) is 4.47 Å². The molecule has 0 saturated carbocycles. The summed E-state index contributed by atoms with van der Waals surface area (Å²) in [5.41, 5.74) is 1.89. The van der Waals surface area contributed by atoms with Gasteiger partial charge in [-0.1, -0.05) is 46.7 Å². The molecule has 132 valence electrons. The number of nitrogens with zero attached hydrogens (tertiary/aromatic N) is 2. The Morgan fingerprint density at radius 2 is 2.16 bits per heavy atom. The molecule has 1 fully saturated rings. The van der Waals surface area contributed by atoms with E-state index in [2.05, 4.69) is 20.9 Å². The average molecular weight is 423 g/mol. The number of carbonyl (C=O) groups is 2. The van der Waals surface area contributed by atoms with Crippen LogP contribution in [0.3, 0.4) is 0 Å². The Bertz CT molecular complexity index is 790. The number of hydrogen-bond donors (Lipinski definition) is 0. The van der Waals surface area contributed by atoms with Crippen molar-refractivity contribution in [3.63, 3.8) is 0 Å². The number of fused-ring (bicyclic) bond motifs is 1. The quantitative estimate of drug-likeness (QED) is 0.686. The number of allylic oxidation sites excluding steroid dienone is 1. The van der Waals surface area contributed by atoms with Crippen molar-refractivity contribution in [1.82, 2.24) is 4.90 Å². The number of amidine groups is 1. The zero-order valence-corrected chi connectivity index (χ0v) is 16.7. The normalized spacial score (nSPS) is 22.8. The molecule has 1 aromatic rings. The van der Waals surface area contributed by atoms with Gasteiger partial charge in [-0.05, 0) is 38.0 Å². The number of hydrogen-bond acceptors (Lipinski definition) is 5. The van der Waals surface area contributed by atoms with Gasteiger partial charge in [0.05, 0.1) is 29.2 Å². The SMILES string of the molecule is CCOC(=O)C1=C(C)N=C2SC(CC)C(=O)N2C1c1cccc(Br)c1. The van der Waals surface area contributed by atoms with E-state index < -0.39 is 12.0 Å². The van der Waals surface area contributed by atoms with Crippen LogP contribution in [0.1, 0.15) is 38.8 Å². The van der Waals surface area contributed by atoms with Gasteiger partial charge in [0.25, 0.3) is 0 Å². The molecule has 5 nitrogen and oxygen atoms in total. The molecule has 0 bridgehead atoms. The number of esters is 1. The highest BCUT2D eigenvalue weighted by molar-refractivity contribution is 9.10. The van der Waals surface area contributed by atoms with E-state index in [4.69, 9.17) is 4.74 Å². The lowest BCUT2D eigenvalue weighted by atomic mass is 9.94. The Kier molecular flexibility index (Phi) is 5.34. The summed E-state index contributed by atoms with van der Waals surface area (Å²) in [6, 6.07) is 7.14. The fourth-order valence-electron chi connectivity index (χ4n) is 3.05. The van der Waals surface area contributed by atoms with E-state index in [1.54, 1.807) is 18.7 Å². The van der Waals surface area contributed by atoms with E-state index in [0.717, 1.165) is 16.5 Å². The average Bonchev–Trinajstić information content (AvgIpc) is 2.89. The molecule has 7 heteroatoms. The van der Waals surface area contributed by atoms with E-state index in [9.17, 15) is 9.59 Å². The van der Waals surface area contributed by atoms with Crippen LogP contribution in [0, 0.1) is 0 Å². The lowest BCUT2D eigenvalue weighted by Crippen LogP contribution is -2.40. The first-order valence-corrected chi connectivity index (χ1v) is 9.86. The summed E-state index contributed by atoms with van der Waals surface area (Å²) in [4.78, 5) is 31.7. The third kappa shape index (κ3) is 3.27. The number of rotatable bonds is 4. The predicted octanol–water partition coefficient (Wildman–Crippen LogP) is 4.05. The fraction of sp³-hybridized carbons (Fsp3) is 0.389. The molecule has 2 aliphatic heterocycles. The van der Waals surface area contributed by atoms with Gasteiger partial charge in [-0.3, -0.25) is 9.69 Å². The lowest BCUT2D eigenvalue weighted by molar-refractivity contribution is -0.139. The minimum Gasteiger partial charge on any atom is -0.463 e. The number of thioether (sulfide) groups is 1. The second-order valence-corrected chi connectivity index (χ2v) is 7.88. The van der Waals surface area contributed by atoms with Crippen molar-refractivity contribution in [2.24, 2.45) is 4.99 Å². The summed E-state index contributed by atoms with van der Waals surface area (Å²) >= 11 is 4.94. The zero-order chi connectivity index (χ0) is 18.1. The minimum atomic E-state index is -0.513. The highest BCUT2D eigenvalue weighted by atomic mass is 79.9. The van der Waals surface area contributed by atoms with Crippen molar-refractivity contribution in [2.45, 2.75) is 38.5 Å². The fourth-order valence-corrected chi connectivity index (χ4v) is 4.60. The van der Waals surface area contributed by atoms with Crippen molar-refractivity contribution < 1.29 is 14.3 Å². The molecule has 0 aliphatic carbocycles. The molecule has 2 unspecified atom stereocenters. The highest BCUT2D eigenvalue weighted by Crippen LogP contribution is 2.44. The summed E-state index contributed by atoms with van der Waals surface area (Å²) in [6.45, 7) is 5.82. The summed E-state index contributed by atoms with van der Waals surface area (Å²) < 4.78 is 6.14. The van der Waals surface area contributed by atoms with E-state index in [1.807, 2.05) is 31.2 Å². The Morgan fingerprint density at radius 1 is 1.40 bits per heavy atom. The third-order valence-corrected chi connectivity index (χ3v) is 5.99. The smallest absolute Gasteiger partial charge is 0.338 e. The van der Waals surface area contributed by atoms with Crippen molar-refractivity contribution in [2.75, 3.05) is 6.61 Å². The molecule has 1 aromatic carbocycles. The Labute approximate surface area is 159 Å². The first kappa shape index (κ1) is 18.2. The number of amides is 1.